The number of aromatic nitrogens is 1. The van der Waals surface area contributed by atoms with Crippen LogP contribution in [-0.2, 0) is 16.1 Å². The van der Waals surface area contributed by atoms with Gasteiger partial charge in [-0.1, -0.05) is 26.3 Å². The lowest BCUT2D eigenvalue weighted by molar-refractivity contribution is -0.137. The van der Waals surface area contributed by atoms with Gasteiger partial charge in [0.25, 0.3) is 5.56 Å². The Labute approximate surface area is 172 Å². The molecular weight excluding hydrogens is 370 g/mol. The number of ether oxygens (including phenoxy) is 1. The predicted molar refractivity (Wildman–Crippen MR) is 111 cm³/mol. The first-order chi connectivity index (χ1) is 13.6. The SMILES string of the molecule is CC[C@@H](C)[C@H](NC(=O)OC(C)(C)C)C(=O)N1C[C@H]2C[C@H](C1)c1cccc(=O)n1C2. The zero-order valence-corrected chi connectivity index (χ0v) is 18.1. The molecule has 2 amide bonds. The summed E-state index contributed by atoms with van der Waals surface area (Å²) in [5, 5.41) is 2.81. The number of hydrogen-bond donors (Lipinski definition) is 1. The minimum atomic E-state index is -0.619. The minimum Gasteiger partial charge on any atom is -0.444 e. The van der Waals surface area contributed by atoms with E-state index < -0.39 is 17.7 Å². The Morgan fingerprint density at radius 1 is 1.24 bits per heavy atom. The number of piperidine rings is 1. The maximum absolute atomic E-state index is 13.4. The topological polar surface area (TPSA) is 80.6 Å². The smallest absolute Gasteiger partial charge is 0.408 e. The maximum atomic E-state index is 13.4. The zero-order valence-electron chi connectivity index (χ0n) is 18.1. The van der Waals surface area contributed by atoms with Crippen LogP contribution in [0.4, 0.5) is 4.79 Å². The highest BCUT2D eigenvalue weighted by Gasteiger charge is 2.39. The minimum absolute atomic E-state index is 0.00769. The summed E-state index contributed by atoms with van der Waals surface area (Å²) in [6.07, 6.45) is 1.19. The highest BCUT2D eigenvalue weighted by Crippen LogP contribution is 2.35. The van der Waals surface area contributed by atoms with Crippen molar-refractivity contribution in [2.75, 3.05) is 13.1 Å². The van der Waals surface area contributed by atoms with Crippen molar-refractivity contribution in [3.8, 4) is 0 Å². The number of carbonyl (C=O) groups is 2. The van der Waals surface area contributed by atoms with Crippen LogP contribution in [0.5, 0.6) is 0 Å². The molecule has 1 aromatic rings. The summed E-state index contributed by atoms with van der Waals surface area (Å²) in [6.45, 7) is 11.2. The summed E-state index contributed by atoms with van der Waals surface area (Å²) in [5.74, 6) is 0.335. The number of fused-ring (bicyclic) bond motifs is 4. The van der Waals surface area contributed by atoms with Gasteiger partial charge in [0.2, 0.25) is 5.91 Å². The Balaban J connectivity index is 1.77. The molecule has 1 fully saturated rings. The third-order valence-corrected chi connectivity index (χ3v) is 5.94. The normalized spacial score (nSPS) is 23.0. The van der Waals surface area contributed by atoms with Gasteiger partial charge in [-0.2, -0.15) is 0 Å². The van der Waals surface area contributed by atoms with Gasteiger partial charge in [-0.25, -0.2) is 4.79 Å². The van der Waals surface area contributed by atoms with Crippen LogP contribution in [0.15, 0.2) is 23.0 Å². The molecule has 7 nitrogen and oxygen atoms in total. The monoisotopic (exact) mass is 403 g/mol. The first-order valence-corrected chi connectivity index (χ1v) is 10.6. The molecule has 0 saturated carbocycles. The Morgan fingerprint density at radius 3 is 2.62 bits per heavy atom. The van der Waals surface area contributed by atoms with Crippen molar-refractivity contribution in [2.45, 2.75) is 71.6 Å². The fraction of sp³-hybridized carbons (Fsp3) is 0.682. The average molecular weight is 404 g/mol. The molecule has 1 N–H and O–H groups in total. The summed E-state index contributed by atoms with van der Waals surface area (Å²) >= 11 is 0. The van der Waals surface area contributed by atoms with Crippen molar-refractivity contribution in [1.82, 2.24) is 14.8 Å². The van der Waals surface area contributed by atoms with E-state index in [0.29, 0.717) is 19.6 Å². The van der Waals surface area contributed by atoms with Gasteiger partial charge >= 0.3 is 6.09 Å². The third kappa shape index (κ3) is 4.82. The number of alkyl carbamates (subject to hydrolysis) is 1. The average Bonchev–Trinajstić information content (AvgIpc) is 2.64. The molecule has 1 aromatic heterocycles. The fourth-order valence-electron chi connectivity index (χ4n) is 4.39. The van der Waals surface area contributed by atoms with Crippen molar-refractivity contribution in [3.63, 3.8) is 0 Å². The van der Waals surface area contributed by atoms with Crippen molar-refractivity contribution in [1.29, 1.82) is 0 Å². The van der Waals surface area contributed by atoms with E-state index in [1.807, 2.05) is 29.4 Å². The van der Waals surface area contributed by atoms with Gasteiger partial charge in [-0.3, -0.25) is 9.59 Å². The predicted octanol–water partition coefficient (Wildman–Crippen LogP) is 2.73. The van der Waals surface area contributed by atoms with Gasteiger partial charge in [0.15, 0.2) is 0 Å². The van der Waals surface area contributed by atoms with E-state index in [9.17, 15) is 14.4 Å². The summed E-state index contributed by atoms with van der Waals surface area (Å²) < 4.78 is 7.23. The second kappa shape index (κ2) is 8.20. The van der Waals surface area contributed by atoms with Crippen LogP contribution in [0.3, 0.4) is 0 Å². The van der Waals surface area contributed by atoms with E-state index in [0.717, 1.165) is 18.5 Å². The van der Waals surface area contributed by atoms with Gasteiger partial charge < -0.3 is 19.5 Å². The molecule has 0 unspecified atom stereocenters. The van der Waals surface area contributed by atoms with Crippen LogP contribution in [0.2, 0.25) is 0 Å². The second-order valence-electron chi connectivity index (χ2n) is 9.45. The van der Waals surface area contributed by atoms with E-state index >= 15 is 0 Å². The van der Waals surface area contributed by atoms with Gasteiger partial charge in [0.1, 0.15) is 11.6 Å². The third-order valence-electron chi connectivity index (χ3n) is 5.94. The zero-order chi connectivity index (χ0) is 21.3. The highest BCUT2D eigenvalue weighted by atomic mass is 16.6. The Morgan fingerprint density at radius 2 is 1.97 bits per heavy atom. The number of pyridine rings is 1. The summed E-state index contributed by atoms with van der Waals surface area (Å²) in [7, 11) is 0. The molecule has 7 heteroatoms. The quantitative estimate of drug-likeness (QED) is 0.838. The van der Waals surface area contributed by atoms with Gasteiger partial charge in [-0.05, 0) is 45.1 Å². The van der Waals surface area contributed by atoms with Gasteiger partial charge in [0, 0.05) is 37.3 Å². The van der Waals surface area contributed by atoms with Gasteiger partial charge in [0.05, 0.1) is 0 Å². The van der Waals surface area contributed by atoms with Crippen LogP contribution in [0.25, 0.3) is 0 Å². The van der Waals surface area contributed by atoms with Crippen LogP contribution < -0.4 is 10.9 Å². The van der Waals surface area contributed by atoms with E-state index in [4.69, 9.17) is 4.74 Å². The van der Waals surface area contributed by atoms with E-state index in [2.05, 4.69) is 5.32 Å². The van der Waals surface area contributed by atoms with Crippen molar-refractivity contribution >= 4 is 12.0 Å². The van der Waals surface area contributed by atoms with Crippen LogP contribution in [0.1, 0.15) is 59.1 Å². The number of carbonyl (C=O) groups excluding carboxylic acids is 2. The van der Waals surface area contributed by atoms with E-state index in [1.54, 1.807) is 32.9 Å². The lowest BCUT2D eigenvalue weighted by Gasteiger charge is -2.44. The molecule has 4 atom stereocenters. The first kappa shape index (κ1) is 21.4. The molecule has 0 aliphatic carbocycles. The van der Waals surface area contributed by atoms with Crippen molar-refractivity contribution < 1.29 is 14.3 Å². The highest BCUT2D eigenvalue weighted by molar-refractivity contribution is 5.86. The molecule has 0 radical (unpaired) electrons. The molecule has 3 heterocycles. The van der Waals surface area contributed by atoms with E-state index in [1.165, 1.54) is 0 Å². The number of rotatable bonds is 4. The first-order valence-electron chi connectivity index (χ1n) is 10.6. The maximum Gasteiger partial charge on any atom is 0.408 e. The lowest BCUT2D eigenvalue weighted by atomic mass is 9.82. The molecular formula is C22H33N3O4. The molecule has 2 aliphatic heterocycles. The number of nitrogens with one attached hydrogen (secondary N) is 1. The summed E-state index contributed by atoms with van der Waals surface area (Å²) in [6, 6.07) is 4.76. The van der Waals surface area contributed by atoms with E-state index in [-0.39, 0.29) is 29.2 Å². The summed E-state index contributed by atoms with van der Waals surface area (Å²) in [5.41, 5.74) is 0.416. The van der Waals surface area contributed by atoms with Crippen LogP contribution in [0, 0.1) is 11.8 Å². The standard InChI is InChI=1S/C22H33N3O4/c1-6-14(2)19(23-21(28)29-22(3,4)5)20(27)24-11-15-10-16(13-24)17-8-7-9-18(26)25(17)12-15/h7-9,14-16,19H,6,10-13H2,1-5H3,(H,23,28)/t14-,15-,16-,19+/m1/s1. The molecule has 0 aromatic carbocycles. The number of hydrogen-bond acceptors (Lipinski definition) is 4. The number of nitrogens with zero attached hydrogens (tertiary/aromatic N) is 2. The van der Waals surface area contributed by atoms with Crippen molar-refractivity contribution in [2.24, 2.45) is 11.8 Å². The molecule has 2 aliphatic rings. The van der Waals surface area contributed by atoms with Gasteiger partial charge in [-0.15, -0.1) is 0 Å². The molecule has 3 rings (SSSR count). The van der Waals surface area contributed by atoms with Crippen LogP contribution in [-0.4, -0.2) is 46.2 Å². The largest absolute Gasteiger partial charge is 0.444 e. The lowest BCUT2D eigenvalue weighted by Crippen LogP contribution is -2.57. The number of amides is 2. The molecule has 2 bridgehead atoms. The molecule has 29 heavy (non-hydrogen) atoms. The number of likely N-dealkylation sites (tertiary alicyclic amines) is 1. The fourth-order valence-corrected chi connectivity index (χ4v) is 4.39. The Hall–Kier alpha value is -2.31. The Kier molecular flexibility index (Phi) is 6.05. The molecule has 0 spiro atoms. The molecule has 160 valence electrons. The Bertz CT molecular complexity index is 826. The second-order valence-corrected chi connectivity index (χ2v) is 9.45. The van der Waals surface area contributed by atoms with Crippen LogP contribution >= 0.6 is 0 Å². The summed E-state index contributed by atoms with van der Waals surface area (Å²) in [4.78, 5) is 39.8. The van der Waals surface area contributed by atoms with Crippen molar-refractivity contribution in [3.05, 3.63) is 34.2 Å². The molecule has 1 saturated heterocycles.